The quantitative estimate of drug-likeness (QED) is 0.230. The van der Waals surface area contributed by atoms with Crippen molar-refractivity contribution in [2.24, 2.45) is 17.6 Å². The van der Waals surface area contributed by atoms with Gasteiger partial charge >= 0.3 is 5.69 Å². The molecule has 33 heavy (non-hydrogen) atoms. The lowest BCUT2D eigenvalue weighted by Gasteiger charge is -2.50. The Kier molecular flexibility index (Phi) is 4.84. The molecule has 174 valence electrons. The zero-order valence-electron chi connectivity index (χ0n) is 17.6. The number of carbonyl (C=O) groups excluding carboxylic acids is 3. The number of fused-ring (bicyclic) bond motifs is 3. The summed E-state index contributed by atoms with van der Waals surface area (Å²) in [6, 6.07) is 1.25. The highest BCUT2D eigenvalue weighted by atomic mass is 16.6. The number of likely N-dealkylation sites (N-methyl/N-ethyl adjacent to an activating group) is 1. The van der Waals surface area contributed by atoms with Gasteiger partial charge in [-0.3, -0.25) is 29.4 Å². The molecule has 1 fully saturated rings. The van der Waals surface area contributed by atoms with Crippen LogP contribution in [-0.4, -0.2) is 73.5 Å². The maximum absolute atomic E-state index is 13.6. The predicted molar refractivity (Wildman–Crippen MR) is 111 cm³/mol. The van der Waals surface area contributed by atoms with Crippen LogP contribution >= 0.6 is 0 Å². The molecular weight excluding hydrogens is 438 g/mol. The van der Waals surface area contributed by atoms with E-state index in [9.17, 15) is 44.9 Å². The number of ketones is 2. The van der Waals surface area contributed by atoms with Crippen molar-refractivity contribution in [3.8, 4) is 5.75 Å². The normalized spacial score (nSPS) is 29.0. The number of hydrogen-bond acceptors (Lipinski definition) is 10. The Hall–Kier alpha value is -3.77. The average Bonchev–Trinajstić information content (AvgIpc) is 2.70. The summed E-state index contributed by atoms with van der Waals surface area (Å²) in [6.07, 6.45) is 0.0175. The van der Waals surface area contributed by atoms with Gasteiger partial charge in [0.25, 0.3) is 5.91 Å². The Balaban J connectivity index is 1.98. The maximum atomic E-state index is 13.6. The molecule has 3 aliphatic carbocycles. The summed E-state index contributed by atoms with van der Waals surface area (Å²) in [5, 5.41) is 54.6. The van der Waals surface area contributed by atoms with Gasteiger partial charge < -0.3 is 26.2 Å². The molecule has 0 saturated heterocycles. The Labute approximate surface area is 186 Å². The van der Waals surface area contributed by atoms with Crippen molar-refractivity contribution in [2.75, 3.05) is 14.1 Å². The standard InChI is InChI=1S/C21H21N3O9/c1-23(2)14-9-6-8-5-7-3-4-10(24(32)33)15(25)11(7)16(26)12(8)18(28)21(9,31)19(29)13(17(14)27)20(22)30/h3-4,8-9,14,25-26,29,31H,5-6H2,1-2H3,(H2,22,30)/t8?,9-,14-,21-/m0/s1. The van der Waals surface area contributed by atoms with E-state index in [0.29, 0.717) is 5.56 Å². The number of aromatic hydroxyl groups is 1. The number of phenolic OH excluding ortho intramolecular Hbond substituents is 1. The van der Waals surface area contributed by atoms with Crippen LogP contribution in [0.1, 0.15) is 17.5 Å². The van der Waals surface area contributed by atoms with Gasteiger partial charge in [-0.05, 0) is 38.4 Å². The number of Topliss-reactive ketones (excluding diaryl/α,β-unsaturated/α-hetero) is 2. The van der Waals surface area contributed by atoms with Gasteiger partial charge in [-0.2, -0.15) is 0 Å². The number of nitro benzene ring substituents is 1. The number of phenols is 1. The van der Waals surface area contributed by atoms with Crippen molar-refractivity contribution in [3.05, 3.63) is 50.3 Å². The number of aliphatic hydroxyl groups is 3. The van der Waals surface area contributed by atoms with E-state index in [-0.39, 0.29) is 24.0 Å². The molecule has 0 spiro atoms. The lowest BCUT2D eigenvalue weighted by Crippen LogP contribution is -2.65. The SMILES string of the molecule is CN(C)[C@@H]1C(=O)C(C(N)=O)=C(O)[C@@]2(O)C(=O)C3=C(O)c4c(ccc([N+](=O)[O-])c4O)CC3C[C@@H]12. The Bertz CT molecular complexity index is 1220. The average molecular weight is 459 g/mol. The topological polar surface area (TPSA) is 205 Å². The fourth-order valence-corrected chi connectivity index (χ4v) is 5.35. The van der Waals surface area contributed by atoms with Gasteiger partial charge in [-0.25, -0.2) is 0 Å². The summed E-state index contributed by atoms with van der Waals surface area (Å²) >= 11 is 0. The largest absolute Gasteiger partial charge is 0.508 e. The van der Waals surface area contributed by atoms with Crippen LogP contribution < -0.4 is 5.73 Å². The smallest absolute Gasteiger partial charge is 0.311 e. The molecule has 6 N–H and O–H groups in total. The molecule has 1 aromatic rings. The number of benzene rings is 1. The molecule has 1 aromatic carbocycles. The minimum atomic E-state index is -2.75. The fourth-order valence-electron chi connectivity index (χ4n) is 5.35. The molecule has 4 atom stereocenters. The molecule has 1 saturated carbocycles. The minimum Gasteiger partial charge on any atom is -0.508 e. The number of rotatable bonds is 3. The van der Waals surface area contributed by atoms with Gasteiger partial charge in [-0.15, -0.1) is 0 Å². The summed E-state index contributed by atoms with van der Waals surface area (Å²) in [5.41, 5.74) is 0.559. The van der Waals surface area contributed by atoms with Gasteiger partial charge in [0.05, 0.1) is 16.5 Å². The molecule has 1 unspecified atom stereocenters. The molecule has 0 heterocycles. The van der Waals surface area contributed by atoms with Crippen molar-refractivity contribution >= 4 is 28.9 Å². The monoisotopic (exact) mass is 459 g/mol. The Morgan fingerprint density at radius 2 is 1.88 bits per heavy atom. The van der Waals surface area contributed by atoms with E-state index in [2.05, 4.69) is 0 Å². The first-order valence-corrected chi connectivity index (χ1v) is 9.98. The van der Waals surface area contributed by atoms with E-state index >= 15 is 0 Å². The van der Waals surface area contributed by atoms with Crippen molar-refractivity contribution in [1.29, 1.82) is 0 Å². The minimum absolute atomic E-state index is 0.0521. The molecule has 0 radical (unpaired) electrons. The first-order chi connectivity index (χ1) is 15.3. The highest BCUT2D eigenvalue weighted by Crippen LogP contribution is 2.53. The van der Waals surface area contributed by atoms with Crippen LogP contribution in [0.25, 0.3) is 5.76 Å². The number of nitrogens with zero attached hydrogens (tertiary/aromatic N) is 2. The molecule has 1 amide bonds. The molecule has 12 nitrogen and oxygen atoms in total. The Morgan fingerprint density at radius 3 is 2.42 bits per heavy atom. The third kappa shape index (κ3) is 2.80. The van der Waals surface area contributed by atoms with E-state index in [1.165, 1.54) is 25.1 Å². The van der Waals surface area contributed by atoms with E-state index in [1.54, 1.807) is 0 Å². The fraction of sp³-hybridized carbons (Fsp3) is 0.381. The van der Waals surface area contributed by atoms with Crippen molar-refractivity contribution in [1.82, 2.24) is 4.90 Å². The number of aliphatic hydroxyl groups excluding tert-OH is 2. The van der Waals surface area contributed by atoms with Gasteiger partial charge in [0.15, 0.2) is 11.4 Å². The second-order valence-corrected chi connectivity index (χ2v) is 8.69. The molecular formula is C21H21N3O9. The van der Waals surface area contributed by atoms with Crippen LogP contribution in [0.5, 0.6) is 5.75 Å². The van der Waals surface area contributed by atoms with Gasteiger partial charge in [0.1, 0.15) is 17.1 Å². The van der Waals surface area contributed by atoms with Crippen molar-refractivity contribution in [2.45, 2.75) is 24.5 Å². The third-order valence-electron chi connectivity index (χ3n) is 6.77. The van der Waals surface area contributed by atoms with Crippen LogP contribution in [0.15, 0.2) is 29.0 Å². The molecule has 4 rings (SSSR count). The summed E-state index contributed by atoms with van der Waals surface area (Å²) in [7, 11) is 3.01. The molecule has 0 bridgehead atoms. The number of amides is 1. The Morgan fingerprint density at radius 1 is 1.24 bits per heavy atom. The second-order valence-electron chi connectivity index (χ2n) is 8.69. The van der Waals surface area contributed by atoms with Crippen LogP contribution in [0.3, 0.4) is 0 Å². The van der Waals surface area contributed by atoms with Gasteiger partial charge in [0, 0.05) is 17.6 Å². The van der Waals surface area contributed by atoms with E-state index in [4.69, 9.17) is 5.73 Å². The zero-order chi connectivity index (χ0) is 24.6. The number of primary amides is 1. The van der Waals surface area contributed by atoms with Crippen LogP contribution in [-0.2, 0) is 20.8 Å². The first-order valence-electron chi connectivity index (χ1n) is 9.98. The number of nitrogens with two attached hydrogens (primary N) is 1. The lowest BCUT2D eigenvalue weighted by atomic mass is 9.57. The van der Waals surface area contributed by atoms with Crippen LogP contribution in [0.2, 0.25) is 0 Å². The first kappa shape index (κ1) is 22.4. The van der Waals surface area contributed by atoms with Crippen LogP contribution in [0, 0.1) is 22.0 Å². The van der Waals surface area contributed by atoms with Crippen LogP contribution in [0.4, 0.5) is 5.69 Å². The summed E-state index contributed by atoms with van der Waals surface area (Å²) < 4.78 is 0. The number of carbonyl (C=O) groups is 3. The molecule has 0 aromatic heterocycles. The number of nitro groups is 1. The van der Waals surface area contributed by atoms with E-state index in [0.717, 1.165) is 6.07 Å². The third-order valence-corrected chi connectivity index (χ3v) is 6.77. The maximum Gasteiger partial charge on any atom is 0.311 e. The molecule has 3 aliphatic rings. The van der Waals surface area contributed by atoms with Gasteiger partial charge in [-0.1, -0.05) is 6.07 Å². The highest BCUT2D eigenvalue weighted by molar-refractivity contribution is 6.24. The van der Waals surface area contributed by atoms with Crippen molar-refractivity contribution in [3.63, 3.8) is 0 Å². The predicted octanol–water partition coefficient (Wildman–Crippen LogP) is -0.128. The summed E-state index contributed by atoms with van der Waals surface area (Å²) in [6.45, 7) is 0. The van der Waals surface area contributed by atoms with Gasteiger partial charge in [0.2, 0.25) is 11.5 Å². The highest BCUT2D eigenvalue weighted by Gasteiger charge is 2.64. The second kappa shape index (κ2) is 7.12. The van der Waals surface area contributed by atoms with E-state index < -0.39 is 74.4 Å². The lowest BCUT2D eigenvalue weighted by molar-refractivity contribution is -0.385. The van der Waals surface area contributed by atoms with Crippen molar-refractivity contribution < 1.29 is 39.7 Å². The number of hydrogen-bond donors (Lipinski definition) is 5. The summed E-state index contributed by atoms with van der Waals surface area (Å²) in [5.74, 6) is -8.05. The van der Waals surface area contributed by atoms with E-state index in [1.807, 2.05) is 0 Å². The zero-order valence-corrected chi connectivity index (χ0v) is 17.6. The summed E-state index contributed by atoms with van der Waals surface area (Å²) in [4.78, 5) is 50.2. The molecule has 0 aliphatic heterocycles. The molecule has 12 heteroatoms.